The molecule has 0 radical (unpaired) electrons. The summed E-state index contributed by atoms with van der Waals surface area (Å²) in [6.45, 7) is 2.21. The molecule has 0 saturated heterocycles. The zero-order chi connectivity index (χ0) is 27.8. The third kappa shape index (κ3) is 5.30. The van der Waals surface area contributed by atoms with Gasteiger partial charge in [-0.05, 0) is 18.1 Å². The Morgan fingerprint density at radius 2 is 1.57 bits per heavy atom. The first-order valence-electron chi connectivity index (χ1n) is 10.3. The van der Waals surface area contributed by atoms with E-state index in [-0.39, 0.29) is 42.7 Å². The van der Waals surface area contributed by atoms with Crippen molar-refractivity contribution in [3.63, 3.8) is 0 Å². The Morgan fingerprint density at radius 3 is 2.03 bits per heavy atom. The first kappa shape index (κ1) is 28.5. The number of carbonyl (C=O) groups excluding carboxylic acids is 4. The van der Waals surface area contributed by atoms with Gasteiger partial charge in [0.2, 0.25) is 0 Å². The predicted octanol–water partition coefficient (Wildman–Crippen LogP) is 5.02. The molecule has 11 nitrogen and oxygen atoms in total. The molecule has 1 aliphatic rings. The van der Waals surface area contributed by atoms with Crippen LogP contribution in [0.3, 0.4) is 0 Å². The summed E-state index contributed by atoms with van der Waals surface area (Å²) in [5.41, 5.74) is -1.23. The molecule has 15 heteroatoms. The molecule has 1 unspecified atom stereocenters. The maximum atomic E-state index is 13.1. The van der Waals surface area contributed by atoms with Crippen LogP contribution in [0.25, 0.3) is 0 Å². The van der Waals surface area contributed by atoms with E-state index in [1.54, 1.807) is 13.8 Å². The van der Waals surface area contributed by atoms with Gasteiger partial charge in [0.15, 0.2) is 6.61 Å². The number of benzene rings is 2. The number of fused-ring (bicyclic) bond motifs is 1. The number of rotatable bonds is 8. The van der Waals surface area contributed by atoms with E-state index >= 15 is 0 Å². The monoisotopic (exact) mass is 591 g/mol. The molecule has 3 rings (SSSR count). The fraction of sp³-hybridized carbons (Fsp3) is 0.273. The highest BCUT2D eigenvalue weighted by atomic mass is 35.5. The first-order valence-corrected chi connectivity index (χ1v) is 11.9. The number of imide groups is 1. The van der Waals surface area contributed by atoms with E-state index in [4.69, 9.17) is 55.9 Å². The lowest BCUT2D eigenvalue weighted by Crippen LogP contribution is -2.49. The van der Waals surface area contributed by atoms with Crippen molar-refractivity contribution in [2.45, 2.75) is 19.9 Å². The van der Waals surface area contributed by atoms with Crippen molar-refractivity contribution in [1.29, 1.82) is 0 Å². The van der Waals surface area contributed by atoms with E-state index in [0.717, 1.165) is 6.07 Å². The van der Waals surface area contributed by atoms with E-state index in [1.165, 1.54) is 19.2 Å². The minimum atomic E-state index is -1.47. The number of halogens is 4. The smallest absolute Gasteiger partial charge is 0.330 e. The Morgan fingerprint density at radius 1 is 1.03 bits per heavy atom. The van der Waals surface area contributed by atoms with Crippen LogP contribution < -0.4 is 10.1 Å². The number of carbonyl (C=O) groups is 4. The average molecular weight is 593 g/mol. The molecule has 0 aliphatic carbocycles. The lowest BCUT2D eigenvalue weighted by atomic mass is 10.0. The summed E-state index contributed by atoms with van der Waals surface area (Å²) in [6, 6.07) is 2.27. The average Bonchev–Trinajstić information content (AvgIpc) is 3.10. The second kappa shape index (κ2) is 11.1. The molecular formula is C22H17Cl4N3O8. The van der Waals surface area contributed by atoms with Crippen LogP contribution in [0, 0.1) is 16.0 Å². The number of amides is 3. The molecule has 2 aromatic carbocycles. The third-order valence-electron chi connectivity index (χ3n) is 5.30. The number of esters is 1. The van der Waals surface area contributed by atoms with Crippen molar-refractivity contribution in [1.82, 2.24) is 4.90 Å². The lowest BCUT2D eigenvalue weighted by Gasteiger charge is -2.27. The standard InChI is InChI=1S/C22H17Cl4N3O8/c1-8(2)19(28-20(31)13-14(21(28)32)16(24)18(26)17(25)15(13)23)22(33)37-7-12(30)27-10-5-4-9(36-3)6-11(10)29(34)35/h4-6,8,19H,7H2,1-3H3,(H,27,30). The number of anilines is 1. The topological polar surface area (TPSA) is 145 Å². The molecule has 0 bridgehead atoms. The van der Waals surface area contributed by atoms with Crippen molar-refractivity contribution in [2.24, 2.45) is 5.92 Å². The van der Waals surface area contributed by atoms with Crippen LogP contribution in [0.4, 0.5) is 11.4 Å². The zero-order valence-corrected chi connectivity index (χ0v) is 22.3. The minimum absolute atomic E-state index is 0.161. The van der Waals surface area contributed by atoms with Gasteiger partial charge < -0.3 is 14.8 Å². The van der Waals surface area contributed by atoms with Crippen LogP contribution in [0.5, 0.6) is 5.75 Å². The summed E-state index contributed by atoms with van der Waals surface area (Å²) in [7, 11) is 1.32. The van der Waals surface area contributed by atoms with Crippen molar-refractivity contribution in [2.75, 3.05) is 19.0 Å². The van der Waals surface area contributed by atoms with Gasteiger partial charge in [0.1, 0.15) is 17.5 Å². The summed E-state index contributed by atoms with van der Waals surface area (Å²) in [6.07, 6.45) is 0. The summed E-state index contributed by atoms with van der Waals surface area (Å²) in [4.78, 5) is 62.8. The SMILES string of the molecule is COc1ccc(NC(=O)COC(=O)C(C(C)C)N2C(=O)c3c(Cl)c(Cl)c(Cl)c(Cl)c3C2=O)c([N+](=O)[O-])c1. The van der Waals surface area contributed by atoms with E-state index in [2.05, 4.69) is 5.32 Å². The lowest BCUT2D eigenvalue weighted by molar-refractivity contribution is -0.384. The van der Waals surface area contributed by atoms with Gasteiger partial charge in [-0.3, -0.25) is 29.4 Å². The van der Waals surface area contributed by atoms with Gasteiger partial charge in [0, 0.05) is 0 Å². The fourth-order valence-electron chi connectivity index (χ4n) is 3.60. The Bertz CT molecular complexity index is 1300. The predicted molar refractivity (Wildman–Crippen MR) is 135 cm³/mol. The minimum Gasteiger partial charge on any atom is -0.496 e. The number of nitro groups is 1. The van der Waals surface area contributed by atoms with E-state index in [0.29, 0.717) is 4.90 Å². The summed E-state index contributed by atoms with van der Waals surface area (Å²) in [5, 5.41) is 12.5. The molecular weight excluding hydrogens is 576 g/mol. The van der Waals surface area contributed by atoms with E-state index in [9.17, 15) is 29.3 Å². The van der Waals surface area contributed by atoms with E-state index in [1.807, 2.05) is 0 Å². The molecule has 1 aliphatic heterocycles. The summed E-state index contributed by atoms with van der Waals surface area (Å²) in [5.74, 6) is -4.35. The molecule has 0 saturated carbocycles. The molecule has 196 valence electrons. The van der Waals surface area contributed by atoms with Crippen LogP contribution in [0.15, 0.2) is 18.2 Å². The number of nitrogens with zero attached hydrogens (tertiary/aromatic N) is 2. The molecule has 3 amide bonds. The normalized spacial score (nSPS) is 13.5. The Balaban J connectivity index is 1.80. The van der Waals surface area contributed by atoms with Crippen molar-refractivity contribution >= 4 is 81.5 Å². The van der Waals surface area contributed by atoms with Crippen molar-refractivity contribution < 1.29 is 33.6 Å². The Kier molecular flexibility index (Phi) is 8.53. The van der Waals surface area contributed by atoms with Crippen LogP contribution in [0.1, 0.15) is 34.6 Å². The van der Waals surface area contributed by atoms with Gasteiger partial charge in [-0.25, -0.2) is 4.79 Å². The highest BCUT2D eigenvalue weighted by Gasteiger charge is 2.48. The number of hydrogen-bond acceptors (Lipinski definition) is 8. The van der Waals surface area contributed by atoms with Crippen LogP contribution in [-0.2, 0) is 14.3 Å². The maximum Gasteiger partial charge on any atom is 0.330 e. The first-order chi connectivity index (χ1) is 17.3. The van der Waals surface area contributed by atoms with Gasteiger partial charge in [0.05, 0.1) is 49.3 Å². The zero-order valence-electron chi connectivity index (χ0n) is 19.3. The van der Waals surface area contributed by atoms with Gasteiger partial charge in [0.25, 0.3) is 23.4 Å². The molecule has 1 N–H and O–H groups in total. The second-order valence-corrected chi connectivity index (χ2v) is 9.48. The van der Waals surface area contributed by atoms with Crippen molar-refractivity contribution in [3.8, 4) is 5.75 Å². The number of nitro benzene ring substituents is 1. The third-order valence-corrected chi connectivity index (χ3v) is 7.11. The summed E-state index contributed by atoms with van der Waals surface area (Å²) < 4.78 is 9.98. The van der Waals surface area contributed by atoms with Gasteiger partial charge in [-0.2, -0.15) is 0 Å². The summed E-state index contributed by atoms with van der Waals surface area (Å²) >= 11 is 24.3. The molecule has 0 aromatic heterocycles. The number of hydrogen-bond donors (Lipinski definition) is 1. The molecule has 0 fully saturated rings. The van der Waals surface area contributed by atoms with Crippen LogP contribution in [0.2, 0.25) is 20.1 Å². The molecule has 37 heavy (non-hydrogen) atoms. The van der Waals surface area contributed by atoms with Gasteiger partial charge >= 0.3 is 5.97 Å². The van der Waals surface area contributed by atoms with Crippen LogP contribution >= 0.6 is 46.4 Å². The number of ether oxygens (including phenoxy) is 2. The molecule has 1 heterocycles. The van der Waals surface area contributed by atoms with Crippen LogP contribution in [-0.4, -0.2) is 53.3 Å². The molecule has 0 spiro atoms. The molecule has 1 atom stereocenters. The highest BCUT2D eigenvalue weighted by Crippen LogP contribution is 2.45. The van der Waals surface area contributed by atoms with Gasteiger partial charge in [-0.15, -0.1) is 0 Å². The maximum absolute atomic E-state index is 13.1. The Labute approximate surface area is 229 Å². The van der Waals surface area contributed by atoms with Gasteiger partial charge in [-0.1, -0.05) is 60.3 Å². The fourth-order valence-corrected chi connectivity index (χ4v) is 4.61. The second-order valence-electron chi connectivity index (χ2n) is 7.97. The number of nitrogens with one attached hydrogen (secondary N) is 1. The quantitative estimate of drug-likeness (QED) is 0.112. The largest absolute Gasteiger partial charge is 0.496 e. The van der Waals surface area contributed by atoms with E-state index < -0.39 is 52.9 Å². The molecule has 2 aromatic rings. The Hall–Kier alpha value is -3.12. The highest BCUT2D eigenvalue weighted by molar-refractivity contribution is 6.55. The van der Waals surface area contributed by atoms with Crippen molar-refractivity contribution in [3.05, 3.63) is 59.5 Å². The number of methoxy groups -OCH3 is 1.